The number of hydrogen-bond acceptors (Lipinski definition) is 3. The van der Waals surface area contributed by atoms with Gasteiger partial charge in [0.2, 0.25) is 0 Å². The highest BCUT2D eigenvalue weighted by Crippen LogP contribution is 2.18. The number of aliphatic hydroxyl groups excluding tert-OH is 1. The predicted octanol–water partition coefficient (Wildman–Crippen LogP) is 1.73. The van der Waals surface area contributed by atoms with Crippen LogP contribution in [0.3, 0.4) is 0 Å². The second-order valence-corrected chi connectivity index (χ2v) is 3.94. The van der Waals surface area contributed by atoms with E-state index in [-0.39, 0.29) is 24.3 Å². The second kappa shape index (κ2) is 6.96. The molecule has 1 amide bonds. The molecule has 0 heterocycles. The molecule has 1 aromatic rings. The largest absolute Gasteiger partial charge is 0.494 e. The number of amides is 1. The van der Waals surface area contributed by atoms with Gasteiger partial charge < -0.3 is 15.2 Å². The number of aliphatic hydroxyl groups is 1. The highest BCUT2D eigenvalue weighted by Gasteiger charge is 2.13. The third-order valence-electron chi connectivity index (χ3n) is 2.72. The van der Waals surface area contributed by atoms with Gasteiger partial charge >= 0.3 is 0 Å². The van der Waals surface area contributed by atoms with Crippen molar-refractivity contribution in [1.82, 2.24) is 5.32 Å². The maximum absolute atomic E-state index is 13.2. The summed E-state index contributed by atoms with van der Waals surface area (Å²) in [4.78, 5) is 11.9. The Hall–Kier alpha value is -1.62. The Morgan fingerprint density at radius 3 is 2.83 bits per heavy atom. The van der Waals surface area contributed by atoms with E-state index in [0.29, 0.717) is 12.0 Å². The Morgan fingerprint density at radius 2 is 2.28 bits per heavy atom. The van der Waals surface area contributed by atoms with Gasteiger partial charge in [-0.25, -0.2) is 4.39 Å². The molecule has 0 aliphatic rings. The molecule has 1 atom stereocenters. The van der Waals surface area contributed by atoms with E-state index in [2.05, 4.69) is 5.32 Å². The van der Waals surface area contributed by atoms with Crippen molar-refractivity contribution in [1.29, 1.82) is 0 Å². The summed E-state index contributed by atoms with van der Waals surface area (Å²) in [6.45, 7) is 1.94. The van der Waals surface area contributed by atoms with E-state index >= 15 is 0 Å². The Balaban J connectivity index is 2.77. The molecule has 4 nitrogen and oxygen atoms in total. The molecule has 100 valence electrons. The molecule has 0 radical (unpaired) electrons. The van der Waals surface area contributed by atoms with Gasteiger partial charge in [-0.1, -0.05) is 6.92 Å². The van der Waals surface area contributed by atoms with Crippen LogP contribution in [0.25, 0.3) is 0 Å². The van der Waals surface area contributed by atoms with Crippen molar-refractivity contribution in [3.05, 3.63) is 29.6 Å². The summed E-state index contributed by atoms with van der Waals surface area (Å²) in [7, 11) is 1.35. The van der Waals surface area contributed by atoms with Crippen molar-refractivity contribution in [2.75, 3.05) is 13.7 Å². The molecule has 0 saturated carbocycles. The normalized spacial score (nSPS) is 12.0. The molecular formula is C13H18FNO3. The fraction of sp³-hybridized carbons (Fsp3) is 0.462. The SMILES string of the molecule is CCC(CCO)NC(=O)c1ccc(F)c(OC)c1. The van der Waals surface area contributed by atoms with Gasteiger partial charge in [-0.15, -0.1) is 0 Å². The quantitative estimate of drug-likeness (QED) is 0.813. The lowest BCUT2D eigenvalue weighted by atomic mass is 10.1. The zero-order chi connectivity index (χ0) is 13.5. The minimum absolute atomic E-state index is 0.0194. The summed E-state index contributed by atoms with van der Waals surface area (Å²) < 4.78 is 18.0. The summed E-state index contributed by atoms with van der Waals surface area (Å²) in [6.07, 6.45) is 1.23. The first-order valence-electron chi connectivity index (χ1n) is 5.87. The lowest BCUT2D eigenvalue weighted by molar-refractivity contribution is 0.0928. The summed E-state index contributed by atoms with van der Waals surface area (Å²) in [5.41, 5.74) is 0.338. The smallest absolute Gasteiger partial charge is 0.251 e. The average Bonchev–Trinajstić information content (AvgIpc) is 2.38. The van der Waals surface area contributed by atoms with Crippen LogP contribution in [0.1, 0.15) is 30.1 Å². The van der Waals surface area contributed by atoms with E-state index in [4.69, 9.17) is 9.84 Å². The van der Waals surface area contributed by atoms with Gasteiger partial charge in [0.1, 0.15) is 0 Å². The van der Waals surface area contributed by atoms with Crippen LogP contribution < -0.4 is 10.1 Å². The Labute approximate surface area is 106 Å². The van der Waals surface area contributed by atoms with Gasteiger partial charge in [0.05, 0.1) is 7.11 Å². The van der Waals surface area contributed by atoms with Crippen molar-refractivity contribution in [3.8, 4) is 5.75 Å². The van der Waals surface area contributed by atoms with Gasteiger partial charge in [0, 0.05) is 18.2 Å². The van der Waals surface area contributed by atoms with E-state index in [9.17, 15) is 9.18 Å². The van der Waals surface area contributed by atoms with E-state index in [1.54, 1.807) is 0 Å². The summed E-state index contributed by atoms with van der Waals surface area (Å²) >= 11 is 0. The predicted molar refractivity (Wildman–Crippen MR) is 66.2 cm³/mol. The summed E-state index contributed by atoms with van der Waals surface area (Å²) in [6, 6.07) is 3.87. The van der Waals surface area contributed by atoms with Crippen molar-refractivity contribution in [3.63, 3.8) is 0 Å². The number of methoxy groups -OCH3 is 1. The lowest BCUT2D eigenvalue weighted by Crippen LogP contribution is -2.35. The molecule has 5 heteroatoms. The Kier molecular flexibility index (Phi) is 5.58. The number of rotatable bonds is 6. The summed E-state index contributed by atoms with van der Waals surface area (Å²) in [5.74, 6) is -0.761. The number of carbonyl (C=O) groups is 1. The topological polar surface area (TPSA) is 58.6 Å². The molecule has 1 rings (SSSR count). The van der Waals surface area contributed by atoms with E-state index in [1.807, 2.05) is 6.92 Å². The zero-order valence-corrected chi connectivity index (χ0v) is 10.6. The standard InChI is InChI=1S/C13H18FNO3/c1-3-10(6-7-16)15-13(17)9-4-5-11(14)12(8-9)18-2/h4-5,8,10,16H,3,6-7H2,1-2H3,(H,15,17). The Morgan fingerprint density at radius 1 is 1.56 bits per heavy atom. The van der Waals surface area contributed by atoms with Crippen LogP contribution in [0.2, 0.25) is 0 Å². The maximum atomic E-state index is 13.2. The van der Waals surface area contributed by atoms with E-state index in [0.717, 1.165) is 6.42 Å². The second-order valence-electron chi connectivity index (χ2n) is 3.94. The lowest BCUT2D eigenvalue weighted by Gasteiger charge is -2.16. The number of ether oxygens (including phenoxy) is 1. The molecule has 0 aromatic heterocycles. The van der Waals surface area contributed by atoms with Crippen LogP contribution in [0.15, 0.2) is 18.2 Å². The average molecular weight is 255 g/mol. The molecule has 0 bridgehead atoms. The van der Waals surface area contributed by atoms with E-state index < -0.39 is 5.82 Å². The highest BCUT2D eigenvalue weighted by molar-refractivity contribution is 5.94. The minimum atomic E-state index is -0.503. The fourth-order valence-corrected chi connectivity index (χ4v) is 1.60. The zero-order valence-electron chi connectivity index (χ0n) is 10.6. The van der Waals surface area contributed by atoms with Crippen molar-refractivity contribution >= 4 is 5.91 Å². The van der Waals surface area contributed by atoms with Crippen LogP contribution in [-0.4, -0.2) is 30.8 Å². The number of carbonyl (C=O) groups excluding carboxylic acids is 1. The van der Waals surface area contributed by atoms with Crippen molar-refractivity contribution in [2.45, 2.75) is 25.8 Å². The number of hydrogen-bond donors (Lipinski definition) is 2. The first-order chi connectivity index (χ1) is 8.62. The third kappa shape index (κ3) is 3.70. The van der Waals surface area contributed by atoms with Gasteiger partial charge in [-0.2, -0.15) is 0 Å². The van der Waals surface area contributed by atoms with Crippen LogP contribution in [0, 0.1) is 5.82 Å². The van der Waals surface area contributed by atoms with Crippen LogP contribution in [0.5, 0.6) is 5.75 Å². The van der Waals surface area contributed by atoms with Gasteiger partial charge in [0.25, 0.3) is 5.91 Å². The van der Waals surface area contributed by atoms with Crippen LogP contribution in [0.4, 0.5) is 4.39 Å². The maximum Gasteiger partial charge on any atom is 0.251 e. The van der Waals surface area contributed by atoms with Crippen LogP contribution in [-0.2, 0) is 0 Å². The molecular weight excluding hydrogens is 237 g/mol. The molecule has 0 saturated heterocycles. The highest BCUT2D eigenvalue weighted by atomic mass is 19.1. The molecule has 0 fully saturated rings. The molecule has 0 aliphatic heterocycles. The monoisotopic (exact) mass is 255 g/mol. The molecule has 2 N–H and O–H groups in total. The molecule has 1 aromatic carbocycles. The Bertz CT molecular complexity index is 409. The number of nitrogens with one attached hydrogen (secondary N) is 1. The first kappa shape index (κ1) is 14.4. The molecule has 1 unspecified atom stereocenters. The van der Waals surface area contributed by atoms with Gasteiger partial charge in [-0.05, 0) is 31.0 Å². The number of benzene rings is 1. The molecule has 0 spiro atoms. The molecule has 0 aliphatic carbocycles. The first-order valence-corrected chi connectivity index (χ1v) is 5.87. The third-order valence-corrected chi connectivity index (χ3v) is 2.72. The fourth-order valence-electron chi connectivity index (χ4n) is 1.60. The van der Waals surface area contributed by atoms with E-state index in [1.165, 1.54) is 25.3 Å². The van der Waals surface area contributed by atoms with Gasteiger partial charge in [-0.3, -0.25) is 4.79 Å². The summed E-state index contributed by atoms with van der Waals surface area (Å²) in [5, 5.41) is 11.6. The minimum Gasteiger partial charge on any atom is -0.494 e. The number of halogens is 1. The van der Waals surface area contributed by atoms with Crippen LogP contribution >= 0.6 is 0 Å². The van der Waals surface area contributed by atoms with Crippen molar-refractivity contribution in [2.24, 2.45) is 0 Å². The van der Waals surface area contributed by atoms with Crippen molar-refractivity contribution < 1.29 is 19.0 Å². The molecule has 18 heavy (non-hydrogen) atoms. The van der Waals surface area contributed by atoms with Gasteiger partial charge in [0.15, 0.2) is 11.6 Å².